The zero-order valence-electron chi connectivity index (χ0n) is 13.2. The zero-order valence-corrected chi connectivity index (χ0v) is 13.2. The SMILES string of the molecule is O=C(NN1CCCC1c1cc(F)ccc1F)c1cnn2cccnc12. The van der Waals surface area contributed by atoms with Crippen LogP contribution in [0.15, 0.2) is 42.9 Å². The van der Waals surface area contributed by atoms with Gasteiger partial charge in [-0.3, -0.25) is 10.2 Å². The standard InChI is InChI=1S/C17H15F2N5O/c18-11-4-5-14(19)12(9-11)15-3-1-7-23(15)22-17(25)13-10-21-24-8-2-6-20-16(13)24/h2,4-6,8-10,15H,1,3,7H2,(H,22,25). The monoisotopic (exact) mass is 343 g/mol. The number of hydrogen-bond acceptors (Lipinski definition) is 4. The van der Waals surface area contributed by atoms with Crippen LogP contribution in [-0.4, -0.2) is 32.1 Å². The van der Waals surface area contributed by atoms with E-state index < -0.39 is 17.7 Å². The van der Waals surface area contributed by atoms with E-state index >= 15 is 0 Å². The molecule has 1 atom stereocenters. The van der Waals surface area contributed by atoms with Crippen LogP contribution in [0.1, 0.15) is 34.8 Å². The minimum absolute atomic E-state index is 0.246. The lowest BCUT2D eigenvalue weighted by molar-refractivity contribution is 0.0762. The highest BCUT2D eigenvalue weighted by Gasteiger charge is 2.30. The number of halogens is 2. The molecule has 0 saturated carbocycles. The van der Waals surface area contributed by atoms with Crippen LogP contribution < -0.4 is 5.43 Å². The first-order chi connectivity index (χ1) is 12.1. The van der Waals surface area contributed by atoms with Gasteiger partial charge in [-0.25, -0.2) is 23.3 Å². The second kappa shape index (κ2) is 6.21. The Morgan fingerprint density at radius 2 is 2.20 bits per heavy atom. The lowest BCUT2D eigenvalue weighted by Gasteiger charge is -2.25. The Balaban J connectivity index is 1.59. The Bertz CT molecular complexity index is 942. The molecule has 1 saturated heterocycles. The van der Waals surface area contributed by atoms with Gasteiger partial charge in [-0.2, -0.15) is 5.10 Å². The fourth-order valence-corrected chi connectivity index (χ4v) is 3.17. The third kappa shape index (κ3) is 2.85. The molecular weight excluding hydrogens is 328 g/mol. The van der Waals surface area contributed by atoms with Crippen molar-refractivity contribution in [3.63, 3.8) is 0 Å². The molecule has 2 aromatic heterocycles. The van der Waals surface area contributed by atoms with Gasteiger partial charge in [0.2, 0.25) is 0 Å². The van der Waals surface area contributed by atoms with Gasteiger partial charge in [0.15, 0.2) is 5.65 Å². The van der Waals surface area contributed by atoms with E-state index in [0.29, 0.717) is 24.2 Å². The fraction of sp³-hybridized carbons (Fsp3) is 0.235. The molecule has 0 aliphatic carbocycles. The van der Waals surface area contributed by atoms with Crippen molar-refractivity contribution in [3.05, 3.63) is 65.6 Å². The summed E-state index contributed by atoms with van der Waals surface area (Å²) in [4.78, 5) is 16.7. The van der Waals surface area contributed by atoms with Crippen molar-refractivity contribution >= 4 is 11.6 Å². The molecule has 1 amide bonds. The van der Waals surface area contributed by atoms with Gasteiger partial charge in [0.1, 0.15) is 17.2 Å². The molecule has 0 bridgehead atoms. The maximum absolute atomic E-state index is 14.1. The zero-order chi connectivity index (χ0) is 17.4. The van der Waals surface area contributed by atoms with Gasteiger partial charge < -0.3 is 0 Å². The van der Waals surface area contributed by atoms with Gasteiger partial charge in [-0.05, 0) is 37.1 Å². The van der Waals surface area contributed by atoms with Gasteiger partial charge in [-0.1, -0.05) is 0 Å². The number of nitrogens with one attached hydrogen (secondary N) is 1. The van der Waals surface area contributed by atoms with E-state index in [-0.39, 0.29) is 11.5 Å². The number of carbonyl (C=O) groups excluding carboxylic acids is 1. The summed E-state index contributed by atoms with van der Waals surface area (Å²) in [6, 6.07) is 4.68. The minimum atomic E-state index is -0.499. The number of hydrogen-bond donors (Lipinski definition) is 1. The average molecular weight is 343 g/mol. The molecule has 25 heavy (non-hydrogen) atoms. The largest absolute Gasteiger partial charge is 0.284 e. The molecule has 1 unspecified atom stereocenters. The van der Waals surface area contributed by atoms with Crippen LogP contribution in [0.2, 0.25) is 0 Å². The van der Waals surface area contributed by atoms with Crippen molar-refractivity contribution in [2.24, 2.45) is 0 Å². The number of rotatable bonds is 3. The van der Waals surface area contributed by atoms with Gasteiger partial charge >= 0.3 is 0 Å². The summed E-state index contributed by atoms with van der Waals surface area (Å²) in [7, 11) is 0. The summed E-state index contributed by atoms with van der Waals surface area (Å²) in [6.45, 7) is 0.555. The molecule has 3 aromatic rings. The predicted octanol–water partition coefficient (Wildman–Crippen LogP) is 2.49. The van der Waals surface area contributed by atoms with Gasteiger partial charge in [0, 0.05) is 24.5 Å². The van der Waals surface area contributed by atoms with Crippen LogP contribution in [0.25, 0.3) is 5.65 Å². The molecule has 1 aromatic carbocycles. The van der Waals surface area contributed by atoms with E-state index in [1.807, 2.05) is 0 Å². The van der Waals surface area contributed by atoms with Crippen molar-refractivity contribution in [3.8, 4) is 0 Å². The van der Waals surface area contributed by atoms with E-state index in [1.54, 1.807) is 23.5 Å². The maximum Gasteiger partial charge on any atom is 0.271 e. The number of amides is 1. The average Bonchev–Trinajstić information content (AvgIpc) is 3.23. The van der Waals surface area contributed by atoms with Crippen molar-refractivity contribution in [2.45, 2.75) is 18.9 Å². The second-order valence-corrected chi connectivity index (χ2v) is 5.90. The molecule has 1 aliphatic heterocycles. The molecule has 0 radical (unpaired) electrons. The van der Waals surface area contributed by atoms with Crippen LogP contribution >= 0.6 is 0 Å². The van der Waals surface area contributed by atoms with E-state index in [0.717, 1.165) is 18.6 Å². The molecule has 1 N–H and O–H groups in total. The molecule has 128 valence electrons. The summed E-state index contributed by atoms with van der Waals surface area (Å²) in [5, 5.41) is 5.73. The van der Waals surface area contributed by atoms with E-state index in [9.17, 15) is 13.6 Å². The number of benzene rings is 1. The van der Waals surface area contributed by atoms with Crippen LogP contribution in [-0.2, 0) is 0 Å². The lowest BCUT2D eigenvalue weighted by Crippen LogP contribution is -2.41. The molecule has 3 heterocycles. The van der Waals surface area contributed by atoms with Crippen LogP contribution in [0.5, 0.6) is 0 Å². The number of carbonyl (C=O) groups is 1. The number of hydrazine groups is 1. The molecule has 1 fully saturated rings. The predicted molar refractivity (Wildman–Crippen MR) is 85.5 cm³/mol. The number of aromatic nitrogens is 3. The minimum Gasteiger partial charge on any atom is -0.284 e. The maximum atomic E-state index is 14.1. The quantitative estimate of drug-likeness (QED) is 0.794. The highest BCUT2D eigenvalue weighted by Crippen LogP contribution is 2.32. The normalized spacial score (nSPS) is 17.9. The Labute approximate surface area is 142 Å². The Morgan fingerprint density at radius 1 is 1.32 bits per heavy atom. The second-order valence-electron chi connectivity index (χ2n) is 5.90. The molecule has 1 aliphatic rings. The van der Waals surface area contributed by atoms with Crippen LogP contribution in [0, 0.1) is 11.6 Å². The molecule has 8 heteroatoms. The first-order valence-corrected chi connectivity index (χ1v) is 7.94. The van der Waals surface area contributed by atoms with Crippen molar-refractivity contribution in [2.75, 3.05) is 6.54 Å². The molecule has 4 rings (SSSR count). The summed E-state index contributed by atoms with van der Waals surface area (Å²) in [6.07, 6.45) is 6.11. The van der Waals surface area contributed by atoms with E-state index in [4.69, 9.17) is 0 Å². The van der Waals surface area contributed by atoms with Gasteiger partial charge in [-0.15, -0.1) is 0 Å². The number of fused-ring (bicyclic) bond motifs is 1. The first-order valence-electron chi connectivity index (χ1n) is 7.94. The van der Waals surface area contributed by atoms with E-state index in [2.05, 4.69) is 15.5 Å². The highest BCUT2D eigenvalue weighted by atomic mass is 19.1. The van der Waals surface area contributed by atoms with Crippen molar-refractivity contribution < 1.29 is 13.6 Å². The Hall–Kier alpha value is -2.87. The highest BCUT2D eigenvalue weighted by molar-refractivity contribution is 5.99. The van der Waals surface area contributed by atoms with Gasteiger partial charge in [0.05, 0.1) is 12.2 Å². The van der Waals surface area contributed by atoms with Crippen LogP contribution in [0.4, 0.5) is 8.78 Å². The van der Waals surface area contributed by atoms with Crippen molar-refractivity contribution in [1.82, 2.24) is 25.0 Å². The number of nitrogens with zero attached hydrogens (tertiary/aromatic N) is 4. The third-order valence-electron chi connectivity index (χ3n) is 4.34. The van der Waals surface area contributed by atoms with Gasteiger partial charge in [0.25, 0.3) is 5.91 Å². The summed E-state index contributed by atoms with van der Waals surface area (Å²) in [5.74, 6) is -1.36. The third-order valence-corrected chi connectivity index (χ3v) is 4.34. The Kier molecular flexibility index (Phi) is 3.89. The topological polar surface area (TPSA) is 62.5 Å². The lowest BCUT2D eigenvalue weighted by atomic mass is 10.0. The molecular formula is C17H15F2N5O. The summed E-state index contributed by atoms with van der Waals surface area (Å²) in [5.41, 5.74) is 3.79. The summed E-state index contributed by atoms with van der Waals surface area (Å²) < 4.78 is 29.1. The van der Waals surface area contributed by atoms with E-state index in [1.165, 1.54) is 16.8 Å². The van der Waals surface area contributed by atoms with Crippen molar-refractivity contribution in [1.29, 1.82) is 0 Å². The van der Waals surface area contributed by atoms with Crippen LogP contribution in [0.3, 0.4) is 0 Å². The smallest absolute Gasteiger partial charge is 0.271 e. The molecule has 6 nitrogen and oxygen atoms in total. The molecule has 0 spiro atoms. The first kappa shape index (κ1) is 15.6. The summed E-state index contributed by atoms with van der Waals surface area (Å²) >= 11 is 0. The Morgan fingerprint density at radius 3 is 3.08 bits per heavy atom. The fourth-order valence-electron chi connectivity index (χ4n) is 3.17.